The lowest BCUT2D eigenvalue weighted by molar-refractivity contribution is -0.112. The molecule has 0 N–H and O–H groups in total. The number of ketones is 1. The van der Waals surface area contributed by atoms with E-state index in [0.29, 0.717) is 11.3 Å². The van der Waals surface area contributed by atoms with Crippen LogP contribution in [0.5, 0.6) is 0 Å². The summed E-state index contributed by atoms with van der Waals surface area (Å²) in [5.74, 6) is 3.48. The van der Waals surface area contributed by atoms with E-state index in [1.165, 1.54) is 12.8 Å². The summed E-state index contributed by atoms with van der Waals surface area (Å²) in [5.41, 5.74) is 0.387. The Morgan fingerprint density at radius 1 is 1.40 bits per heavy atom. The van der Waals surface area contributed by atoms with E-state index >= 15 is 0 Å². The van der Waals surface area contributed by atoms with Gasteiger partial charge in [-0.3, -0.25) is 4.79 Å². The molecule has 15 heavy (non-hydrogen) atoms. The molecule has 0 aromatic rings. The highest BCUT2D eigenvalue weighted by molar-refractivity contribution is 5.87. The largest absolute Gasteiger partial charge is 0.295 e. The minimum atomic E-state index is 0.182. The normalized spacial score (nSPS) is 42.7. The van der Waals surface area contributed by atoms with Crippen molar-refractivity contribution in [2.45, 2.75) is 40.5 Å². The average molecular weight is 206 g/mol. The SMILES string of the molecule is CC(=O)/C=C/C1C2C(C)C2CCC1(C)C. The first-order valence-electron chi connectivity index (χ1n) is 6.12. The highest BCUT2D eigenvalue weighted by Crippen LogP contribution is 2.63. The van der Waals surface area contributed by atoms with Gasteiger partial charge in [0.25, 0.3) is 0 Å². The summed E-state index contributed by atoms with van der Waals surface area (Å²) in [6.07, 6.45) is 6.66. The van der Waals surface area contributed by atoms with Gasteiger partial charge in [-0.05, 0) is 54.9 Å². The van der Waals surface area contributed by atoms with Gasteiger partial charge in [-0.15, -0.1) is 0 Å². The van der Waals surface area contributed by atoms with E-state index in [1.54, 1.807) is 13.0 Å². The predicted octanol–water partition coefficient (Wildman–Crippen LogP) is 3.45. The molecule has 0 amide bonds. The third-order valence-corrected chi connectivity index (χ3v) is 4.61. The minimum absolute atomic E-state index is 0.182. The van der Waals surface area contributed by atoms with E-state index in [4.69, 9.17) is 0 Å². The monoisotopic (exact) mass is 206 g/mol. The van der Waals surface area contributed by atoms with Gasteiger partial charge in [-0.1, -0.05) is 26.8 Å². The van der Waals surface area contributed by atoms with E-state index in [2.05, 4.69) is 26.8 Å². The van der Waals surface area contributed by atoms with E-state index in [1.807, 2.05) is 0 Å². The smallest absolute Gasteiger partial charge is 0.152 e. The fraction of sp³-hybridized carbons (Fsp3) is 0.786. The third kappa shape index (κ3) is 1.89. The van der Waals surface area contributed by atoms with Crippen LogP contribution in [0.15, 0.2) is 12.2 Å². The van der Waals surface area contributed by atoms with Crippen LogP contribution < -0.4 is 0 Å². The Kier molecular flexibility index (Phi) is 2.52. The standard InChI is InChI=1S/C14H22O/c1-9(15)5-6-12-13-10(2)11(13)7-8-14(12,3)4/h5-6,10-13H,7-8H2,1-4H3/b6-5+. The van der Waals surface area contributed by atoms with Crippen LogP contribution in [0.25, 0.3) is 0 Å². The fourth-order valence-corrected chi connectivity index (χ4v) is 3.48. The second-order valence-corrected chi connectivity index (χ2v) is 6.12. The summed E-state index contributed by atoms with van der Waals surface area (Å²) in [6, 6.07) is 0. The summed E-state index contributed by atoms with van der Waals surface area (Å²) in [5, 5.41) is 0. The zero-order valence-electron chi connectivity index (χ0n) is 10.3. The maximum atomic E-state index is 11.0. The van der Waals surface area contributed by atoms with Crippen LogP contribution in [-0.2, 0) is 4.79 Å². The fourth-order valence-electron chi connectivity index (χ4n) is 3.48. The van der Waals surface area contributed by atoms with Crippen molar-refractivity contribution in [3.63, 3.8) is 0 Å². The van der Waals surface area contributed by atoms with Gasteiger partial charge in [0.05, 0.1) is 0 Å². The van der Waals surface area contributed by atoms with Gasteiger partial charge < -0.3 is 0 Å². The van der Waals surface area contributed by atoms with Crippen molar-refractivity contribution in [3.8, 4) is 0 Å². The molecule has 0 radical (unpaired) electrons. The molecule has 0 aliphatic heterocycles. The van der Waals surface area contributed by atoms with Crippen LogP contribution in [0.1, 0.15) is 40.5 Å². The Hall–Kier alpha value is -0.590. The van der Waals surface area contributed by atoms with Gasteiger partial charge in [-0.25, -0.2) is 0 Å². The molecule has 2 fully saturated rings. The van der Waals surface area contributed by atoms with Crippen LogP contribution >= 0.6 is 0 Å². The second-order valence-electron chi connectivity index (χ2n) is 6.12. The number of carbonyl (C=O) groups is 1. The quantitative estimate of drug-likeness (QED) is 0.632. The molecule has 0 bridgehead atoms. The topological polar surface area (TPSA) is 17.1 Å². The van der Waals surface area contributed by atoms with Crippen LogP contribution in [0.4, 0.5) is 0 Å². The van der Waals surface area contributed by atoms with Crippen molar-refractivity contribution in [1.29, 1.82) is 0 Å². The highest BCUT2D eigenvalue weighted by atomic mass is 16.1. The van der Waals surface area contributed by atoms with Crippen molar-refractivity contribution in [3.05, 3.63) is 12.2 Å². The Bertz CT molecular complexity index is 300. The lowest BCUT2D eigenvalue weighted by atomic mass is 9.68. The maximum Gasteiger partial charge on any atom is 0.152 e. The van der Waals surface area contributed by atoms with Crippen molar-refractivity contribution in [2.24, 2.45) is 29.1 Å². The Morgan fingerprint density at radius 2 is 2.07 bits per heavy atom. The van der Waals surface area contributed by atoms with E-state index in [9.17, 15) is 4.79 Å². The first kappa shape index (κ1) is 10.9. The molecule has 0 aromatic carbocycles. The highest BCUT2D eigenvalue weighted by Gasteiger charge is 2.56. The molecule has 2 aliphatic rings. The Labute approximate surface area is 92.9 Å². The molecule has 0 aromatic heterocycles. The summed E-state index contributed by atoms with van der Waals surface area (Å²) < 4.78 is 0. The number of allylic oxidation sites excluding steroid dienone is 2. The second kappa shape index (κ2) is 3.47. The Morgan fingerprint density at radius 3 is 2.67 bits per heavy atom. The first-order chi connectivity index (χ1) is 6.93. The van der Waals surface area contributed by atoms with Crippen molar-refractivity contribution >= 4 is 5.78 Å². The van der Waals surface area contributed by atoms with Gasteiger partial charge in [0, 0.05) is 0 Å². The van der Waals surface area contributed by atoms with E-state index in [0.717, 1.165) is 17.8 Å². The molecule has 1 heteroatoms. The molecule has 1 nitrogen and oxygen atoms in total. The molecule has 4 atom stereocenters. The number of carbonyl (C=O) groups excluding carboxylic acids is 1. The summed E-state index contributed by atoms with van der Waals surface area (Å²) in [4.78, 5) is 11.0. The summed E-state index contributed by atoms with van der Waals surface area (Å²) in [7, 11) is 0. The van der Waals surface area contributed by atoms with Gasteiger partial charge >= 0.3 is 0 Å². The van der Waals surface area contributed by atoms with Gasteiger partial charge in [0.15, 0.2) is 5.78 Å². The Balaban J connectivity index is 2.15. The summed E-state index contributed by atoms with van der Waals surface area (Å²) >= 11 is 0. The maximum absolute atomic E-state index is 11.0. The first-order valence-corrected chi connectivity index (χ1v) is 6.12. The van der Waals surface area contributed by atoms with Crippen molar-refractivity contribution in [1.82, 2.24) is 0 Å². The van der Waals surface area contributed by atoms with E-state index in [-0.39, 0.29) is 5.78 Å². The molecule has 0 heterocycles. The molecule has 2 aliphatic carbocycles. The molecule has 84 valence electrons. The van der Waals surface area contributed by atoms with Crippen molar-refractivity contribution in [2.75, 3.05) is 0 Å². The minimum Gasteiger partial charge on any atom is -0.295 e. The number of rotatable bonds is 2. The molecule has 0 spiro atoms. The number of hydrogen-bond donors (Lipinski definition) is 0. The molecule has 2 saturated carbocycles. The van der Waals surface area contributed by atoms with Gasteiger partial charge in [-0.2, -0.15) is 0 Å². The van der Waals surface area contributed by atoms with E-state index < -0.39 is 0 Å². The van der Waals surface area contributed by atoms with Crippen LogP contribution in [0.2, 0.25) is 0 Å². The molecular weight excluding hydrogens is 184 g/mol. The van der Waals surface area contributed by atoms with Crippen LogP contribution in [0, 0.1) is 29.1 Å². The number of hydrogen-bond acceptors (Lipinski definition) is 1. The lowest BCUT2D eigenvalue weighted by Gasteiger charge is -2.36. The van der Waals surface area contributed by atoms with Gasteiger partial charge in [0.2, 0.25) is 0 Å². The molecule has 2 rings (SSSR count). The van der Waals surface area contributed by atoms with Gasteiger partial charge in [0.1, 0.15) is 0 Å². The lowest BCUT2D eigenvalue weighted by Crippen LogP contribution is -2.28. The zero-order chi connectivity index (χ0) is 11.2. The molecular formula is C14H22O. The molecule has 4 unspecified atom stereocenters. The predicted molar refractivity (Wildman–Crippen MR) is 62.5 cm³/mol. The van der Waals surface area contributed by atoms with Crippen LogP contribution in [0.3, 0.4) is 0 Å². The van der Waals surface area contributed by atoms with Crippen LogP contribution in [-0.4, -0.2) is 5.78 Å². The third-order valence-electron chi connectivity index (χ3n) is 4.61. The number of fused-ring (bicyclic) bond motifs is 1. The zero-order valence-corrected chi connectivity index (χ0v) is 10.3. The van der Waals surface area contributed by atoms with Crippen molar-refractivity contribution < 1.29 is 4.79 Å². The summed E-state index contributed by atoms with van der Waals surface area (Å²) in [6.45, 7) is 8.71. The molecule has 0 saturated heterocycles. The average Bonchev–Trinajstić information content (AvgIpc) is 2.74.